The van der Waals surface area contributed by atoms with Gasteiger partial charge in [-0.2, -0.15) is 0 Å². The average Bonchev–Trinajstić information content (AvgIpc) is 2.44. The molecule has 0 heterocycles. The molecule has 0 aliphatic heterocycles. The molecule has 0 aromatic heterocycles. The zero-order valence-electron chi connectivity index (χ0n) is 11.5. The maximum Gasteiger partial charge on any atom is 0.303 e. The molecule has 21 heavy (non-hydrogen) atoms. The fraction of sp³-hybridized carbons (Fsp3) is 0.357. The SMILES string of the molecule is NC(=O)[C@H](Cc1ccccc1)NC(=O)[C@@H](N)CCC(=O)O. The Morgan fingerprint density at radius 1 is 1.19 bits per heavy atom. The smallest absolute Gasteiger partial charge is 0.303 e. The van der Waals surface area contributed by atoms with Crippen LogP contribution in [0.2, 0.25) is 0 Å². The molecule has 2 amide bonds. The molecule has 6 N–H and O–H groups in total. The van der Waals surface area contributed by atoms with Crippen molar-refractivity contribution in [2.24, 2.45) is 11.5 Å². The highest BCUT2D eigenvalue weighted by Crippen LogP contribution is 2.04. The molecule has 7 nitrogen and oxygen atoms in total. The summed E-state index contributed by atoms with van der Waals surface area (Å²) >= 11 is 0. The van der Waals surface area contributed by atoms with Crippen molar-refractivity contribution in [3.05, 3.63) is 35.9 Å². The third-order valence-electron chi connectivity index (χ3n) is 2.95. The largest absolute Gasteiger partial charge is 0.481 e. The molecule has 0 saturated heterocycles. The molecule has 0 saturated carbocycles. The Labute approximate surface area is 122 Å². The number of carboxylic acid groups (broad SMARTS) is 1. The molecule has 0 spiro atoms. The van der Waals surface area contributed by atoms with Crippen molar-refractivity contribution in [1.82, 2.24) is 5.32 Å². The minimum absolute atomic E-state index is 0.00200. The molecule has 0 radical (unpaired) electrons. The van der Waals surface area contributed by atoms with Gasteiger partial charge in [0.15, 0.2) is 0 Å². The van der Waals surface area contributed by atoms with Gasteiger partial charge in [-0.05, 0) is 12.0 Å². The zero-order chi connectivity index (χ0) is 15.8. The van der Waals surface area contributed by atoms with Crippen molar-refractivity contribution < 1.29 is 19.5 Å². The standard InChI is InChI=1S/C14H19N3O4/c15-10(6-7-12(18)19)14(21)17-11(13(16)20)8-9-4-2-1-3-5-9/h1-5,10-11H,6-8,15H2,(H2,16,20)(H,17,21)(H,18,19)/t10-,11-/m0/s1. The predicted octanol–water partition coefficient (Wildman–Crippen LogP) is -0.609. The third kappa shape index (κ3) is 6.05. The van der Waals surface area contributed by atoms with Gasteiger partial charge in [-0.3, -0.25) is 14.4 Å². The lowest BCUT2D eigenvalue weighted by molar-refractivity contribution is -0.137. The lowest BCUT2D eigenvalue weighted by Crippen LogP contribution is -2.51. The summed E-state index contributed by atoms with van der Waals surface area (Å²) in [6.07, 6.45) is 0.0417. The van der Waals surface area contributed by atoms with Crippen LogP contribution in [0.5, 0.6) is 0 Å². The van der Waals surface area contributed by atoms with Gasteiger partial charge in [0, 0.05) is 12.8 Å². The zero-order valence-corrected chi connectivity index (χ0v) is 11.5. The van der Waals surface area contributed by atoms with E-state index in [1.807, 2.05) is 30.3 Å². The van der Waals surface area contributed by atoms with Crippen molar-refractivity contribution >= 4 is 17.8 Å². The highest BCUT2D eigenvalue weighted by molar-refractivity contribution is 5.89. The van der Waals surface area contributed by atoms with E-state index in [1.165, 1.54) is 0 Å². The summed E-state index contributed by atoms with van der Waals surface area (Å²) in [5.41, 5.74) is 11.7. The van der Waals surface area contributed by atoms with E-state index in [1.54, 1.807) is 0 Å². The van der Waals surface area contributed by atoms with Gasteiger partial charge in [-0.25, -0.2) is 0 Å². The number of nitrogens with one attached hydrogen (secondary N) is 1. The molecular weight excluding hydrogens is 274 g/mol. The van der Waals surface area contributed by atoms with Crippen LogP contribution in [0.15, 0.2) is 30.3 Å². The maximum atomic E-state index is 11.8. The lowest BCUT2D eigenvalue weighted by Gasteiger charge is -2.18. The van der Waals surface area contributed by atoms with Crippen LogP contribution in [-0.2, 0) is 20.8 Å². The number of amides is 2. The highest BCUT2D eigenvalue weighted by atomic mass is 16.4. The first kappa shape index (κ1) is 16.6. The van der Waals surface area contributed by atoms with Crippen LogP contribution in [0.3, 0.4) is 0 Å². The van der Waals surface area contributed by atoms with Crippen LogP contribution in [0.1, 0.15) is 18.4 Å². The van der Waals surface area contributed by atoms with Crippen molar-refractivity contribution in [3.63, 3.8) is 0 Å². The average molecular weight is 293 g/mol. The summed E-state index contributed by atoms with van der Waals surface area (Å²) in [4.78, 5) is 33.7. The molecule has 0 unspecified atom stereocenters. The number of aliphatic carboxylic acids is 1. The van der Waals surface area contributed by atoms with Crippen LogP contribution in [0.4, 0.5) is 0 Å². The number of primary amides is 1. The van der Waals surface area contributed by atoms with Crippen LogP contribution >= 0.6 is 0 Å². The van der Waals surface area contributed by atoms with Crippen molar-refractivity contribution in [2.75, 3.05) is 0 Å². The summed E-state index contributed by atoms with van der Waals surface area (Å²) in [6.45, 7) is 0. The first-order valence-corrected chi connectivity index (χ1v) is 6.51. The number of carbonyl (C=O) groups excluding carboxylic acids is 2. The van der Waals surface area contributed by atoms with E-state index in [-0.39, 0.29) is 19.3 Å². The molecule has 0 aliphatic rings. The van der Waals surface area contributed by atoms with Crippen LogP contribution in [-0.4, -0.2) is 35.0 Å². The number of hydrogen-bond donors (Lipinski definition) is 4. The van der Waals surface area contributed by atoms with Gasteiger partial charge in [-0.1, -0.05) is 30.3 Å². The Morgan fingerprint density at radius 3 is 2.33 bits per heavy atom. The normalized spacial score (nSPS) is 13.2. The minimum Gasteiger partial charge on any atom is -0.481 e. The summed E-state index contributed by atoms with van der Waals surface area (Å²) in [5.74, 6) is -2.29. The van der Waals surface area contributed by atoms with Crippen molar-refractivity contribution in [1.29, 1.82) is 0 Å². The molecule has 114 valence electrons. The second-order valence-electron chi connectivity index (χ2n) is 4.69. The summed E-state index contributed by atoms with van der Waals surface area (Å²) < 4.78 is 0. The van der Waals surface area contributed by atoms with Crippen molar-refractivity contribution in [2.45, 2.75) is 31.3 Å². The number of carbonyl (C=O) groups is 3. The number of nitrogens with two attached hydrogens (primary N) is 2. The number of benzene rings is 1. The van der Waals surface area contributed by atoms with E-state index in [4.69, 9.17) is 16.6 Å². The van der Waals surface area contributed by atoms with Gasteiger partial charge in [0.05, 0.1) is 6.04 Å². The molecule has 1 rings (SSSR count). The van der Waals surface area contributed by atoms with Gasteiger partial charge in [0.2, 0.25) is 11.8 Å². The summed E-state index contributed by atoms with van der Waals surface area (Å²) in [5, 5.41) is 11.0. The molecule has 0 aliphatic carbocycles. The second-order valence-corrected chi connectivity index (χ2v) is 4.69. The molecule has 7 heteroatoms. The fourth-order valence-corrected chi connectivity index (χ4v) is 1.76. The van der Waals surface area contributed by atoms with Crippen LogP contribution in [0.25, 0.3) is 0 Å². The number of hydrogen-bond acceptors (Lipinski definition) is 4. The Morgan fingerprint density at radius 2 is 1.81 bits per heavy atom. The first-order valence-electron chi connectivity index (χ1n) is 6.51. The van der Waals surface area contributed by atoms with E-state index in [9.17, 15) is 14.4 Å². The fourth-order valence-electron chi connectivity index (χ4n) is 1.76. The van der Waals surface area contributed by atoms with E-state index >= 15 is 0 Å². The quantitative estimate of drug-likeness (QED) is 0.507. The van der Waals surface area contributed by atoms with E-state index in [2.05, 4.69) is 5.32 Å². The third-order valence-corrected chi connectivity index (χ3v) is 2.95. The number of carboxylic acids is 1. The van der Waals surface area contributed by atoms with Gasteiger partial charge in [0.1, 0.15) is 6.04 Å². The van der Waals surface area contributed by atoms with Gasteiger partial charge in [-0.15, -0.1) is 0 Å². The molecule has 0 fully saturated rings. The van der Waals surface area contributed by atoms with E-state index < -0.39 is 29.9 Å². The Bertz CT molecular complexity index is 504. The Hall–Kier alpha value is -2.41. The molecule has 0 bridgehead atoms. The topological polar surface area (TPSA) is 136 Å². The predicted molar refractivity (Wildman–Crippen MR) is 76.1 cm³/mol. The maximum absolute atomic E-state index is 11.8. The van der Waals surface area contributed by atoms with Gasteiger partial charge < -0.3 is 21.9 Å². The lowest BCUT2D eigenvalue weighted by atomic mass is 10.0. The molecule has 2 atom stereocenters. The monoisotopic (exact) mass is 293 g/mol. The minimum atomic E-state index is -1.03. The van der Waals surface area contributed by atoms with Crippen molar-refractivity contribution in [3.8, 4) is 0 Å². The first-order chi connectivity index (χ1) is 9.90. The molecule has 1 aromatic rings. The Kier molecular flexibility index (Phi) is 6.35. The van der Waals surface area contributed by atoms with Crippen LogP contribution in [0, 0.1) is 0 Å². The van der Waals surface area contributed by atoms with Crippen LogP contribution < -0.4 is 16.8 Å². The molecular formula is C14H19N3O4. The Balaban J connectivity index is 2.60. The highest BCUT2D eigenvalue weighted by Gasteiger charge is 2.22. The molecule has 1 aromatic carbocycles. The number of rotatable bonds is 8. The van der Waals surface area contributed by atoms with Gasteiger partial charge >= 0.3 is 5.97 Å². The second kappa shape index (κ2) is 8.01. The van der Waals surface area contributed by atoms with Gasteiger partial charge in [0.25, 0.3) is 0 Å². The van der Waals surface area contributed by atoms with E-state index in [0.29, 0.717) is 0 Å². The summed E-state index contributed by atoms with van der Waals surface area (Å²) in [7, 11) is 0. The summed E-state index contributed by atoms with van der Waals surface area (Å²) in [6, 6.07) is 7.22. The van der Waals surface area contributed by atoms with E-state index in [0.717, 1.165) is 5.56 Å².